The van der Waals surface area contributed by atoms with Crippen LogP contribution in [0.25, 0.3) is 17.2 Å². The fourth-order valence-electron chi connectivity index (χ4n) is 4.59. The number of hydrogen-bond donors (Lipinski definition) is 0. The Kier molecular flexibility index (Phi) is 7.43. The van der Waals surface area contributed by atoms with Crippen LogP contribution in [0.3, 0.4) is 0 Å². The van der Waals surface area contributed by atoms with Crippen LogP contribution in [0.2, 0.25) is 0 Å². The molecule has 0 amide bonds. The molecule has 3 aromatic carbocycles. The minimum absolute atomic E-state index is 0.0741. The Bertz CT molecular complexity index is 1270. The molecule has 1 aliphatic rings. The van der Waals surface area contributed by atoms with Gasteiger partial charge in [0.05, 0.1) is 11.1 Å². The second-order valence-corrected chi connectivity index (χ2v) is 8.95. The zero-order chi connectivity index (χ0) is 26.0. The van der Waals surface area contributed by atoms with Crippen molar-refractivity contribution in [2.24, 2.45) is 5.92 Å². The fraction of sp³-hybridized carbons (Fsp3) is 0.286. The number of alkyl halides is 2. The summed E-state index contributed by atoms with van der Waals surface area (Å²) in [4.78, 5) is 0. The van der Waals surface area contributed by atoms with Crippen molar-refractivity contribution >= 4 is 6.08 Å². The van der Waals surface area contributed by atoms with E-state index in [1.165, 1.54) is 17.2 Å². The van der Waals surface area contributed by atoms with Gasteiger partial charge in [-0.25, -0.2) is 13.2 Å². The molecule has 8 heteroatoms. The van der Waals surface area contributed by atoms with Crippen molar-refractivity contribution in [3.63, 3.8) is 0 Å². The van der Waals surface area contributed by atoms with Crippen LogP contribution in [-0.2, 0) is 19.0 Å². The summed E-state index contributed by atoms with van der Waals surface area (Å²) in [6.45, 7) is 2.15. The van der Waals surface area contributed by atoms with Crippen LogP contribution in [-0.4, -0.2) is 0 Å². The first-order valence-electron chi connectivity index (χ1n) is 11.6. The van der Waals surface area contributed by atoms with Gasteiger partial charge in [0.2, 0.25) is 0 Å². The lowest BCUT2D eigenvalue weighted by molar-refractivity contribution is -0.187. The third-order valence-electron chi connectivity index (χ3n) is 6.36. The maximum atomic E-state index is 14.8. The standard InChI is InChI=1S/C28H23F7O/c1-2-3-4-16-9-17-5-6-18(11-20(17)10-16)19-7-8-23(26(31)12-19)28(34,35)36-21-13-24(29)22(15-27(32)33)25(30)14-21/h5-8,11-16H,2-4,9-10H2,1H3. The monoisotopic (exact) mass is 508 g/mol. The third kappa shape index (κ3) is 5.58. The molecule has 0 saturated carbocycles. The van der Waals surface area contributed by atoms with Crippen LogP contribution in [0, 0.1) is 23.4 Å². The largest absolute Gasteiger partial charge is 0.429 e. The summed E-state index contributed by atoms with van der Waals surface area (Å²) in [5, 5.41) is 0. The van der Waals surface area contributed by atoms with Crippen LogP contribution in [0.4, 0.5) is 30.7 Å². The molecule has 0 saturated heterocycles. The summed E-state index contributed by atoms with van der Waals surface area (Å²) in [5.74, 6) is -4.73. The number of ether oxygens (including phenoxy) is 1. The van der Waals surface area contributed by atoms with Crippen molar-refractivity contribution in [1.82, 2.24) is 0 Å². The number of halogens is 7. The summed E-state index contributed by atoms with van der Waals surface area (Å²) in [5.41, 5.74) is 1.26. The van der Waals surface area contributed by atoms with E-state index in [0.717, 1.165) is 44.2 Å². The molecule has 0 aliphatic heterocycles. The maximum Gasteiger partial charge on any atom is 0.429 e. The van der Waals surface area contributed by atoms with Crippen LogP contribution in [0.15, 0.2) is 54.6 Å². The number of benzene rings is 3. The van der Waals surface area contributed by atoms with Gasteiger partial charge in [-0.15, -0.1) is 0 Å². The Labute approximate surface area is 204 Å². The number of fused-ring (bicyclic) bond motifs is 1. The van der Waals surface area contributed by atoms with Gasteiger partial charge in [0, 0.05) is 18.2 Å². The molecule has 36 heavy (non-hydrogen) atoms. The first kappa shape index (κ1) is 25.8. The molecule has 0 fully saturated rings. The van der Waals surface area contributed by atoms with Crippen LogP contribution in [0.5, 0.6) is 5.75 Å². The first-order valence-corrected chi connectivity index (χ1v) is 11.6. The van der Waals surface area contributed by atoms with Crippen LogP contribution >= 0.6 is 0 Å². The summed E-state index contributed by atoms with van der Waals surface area (Å²) in [6.07, 6.45) is -1.38. The summed E-state index contributed by atoms with van der Waals surface area (Å²) < 4.78 is 101. The average molecular weight is 508 g/mol. The normalized spacial score (nSPS) is 15.1. The average Bonchev–Trinajstić information content (AvgIpc) is 3.21. The van der Waals surface area contributed by atoms with E-state index in [9.17, 15) is 30.7 Å². The highest BCUT2D eigenvalue weighted by atomic mass is 19.3. The predicted octanol–water partition coefficient (Wildman–Crippen LogP) is 9.04. The van der Waals surface area contributed by atoms with E-state index in [4.69, 9.17) is 0 Å². The van der Waals surface area contributed by atoms with Crippen molar-refractivity contribution in [2.45, 2.75) is 45.1 Å². The Morgan fingerprint density at radius 2 is 1.53 bits per heavy atom. The van der Waals surface area contributed by atoms with E-state index in [1.54, 1.807) is 0 Å². The SMILES string of the molecule is CCCCC1Cc2ccc(-c3ccc(C(F)(F)Oc4cc(F)c(C=C(F)F)c(F)c4)c(F)c3)cc2C1. The molecule has 4 rings (SSSR count). The highest BCUT2D eigenvalue weighted by molar-refractivity contribution is 5.66. The zero-order valence-electron chi connectivity index (χ0n) is 19.4. The van der Waals surface area contributed by atoms with Gasteiger partial charge in [0.25, 0.3) is 6.08 Å². The second kappa shape index (κ2) is 10.4. The summed E-state index contributed by atoms with van der Waals surface area (Å²) in [6, 6.07) is 9.54. The molecule has 0 radical (unpaired) electrons. The predicted molar refractivity (Wildman–Crippen MR) is 123 cm³/mol. The van der Waals surface area contributed by atoms with Gasteiger partial charge in [-0.05, 0) is 59.6 Å². The van der Waals surface area contributed by atoms with Crippen LogP contribution in [0.1, 0.15) is 48.4 Å². The third-order valence-corrected chi connectivity index (χ3v) is 6.36. The molecule has 0 N–H and O–H groups in total. The molecule has 3 aromatic rings. The highest BCUT2D eigenvalue weighted by Gasteiger charge is 2.38. The van der Waals surface area contributed by atoms with Gasteiger partial charge in [-0.1, -0.05) is 44.0 Å². The molecule has 0 bridgehead atoms. The van der Waals surface area contributed by atoms with Crippen molar-refractivity contribution in [3.05, 3.63) is 94.3 Å². The minimum Gasteiger partial charge on any atom is -0.429 e. The lowest BCUT2D eigenvalue weighted by Crippen LogP contribution is -2.23. The smallest absolute Gasteiger partial charge is 0.429 e. The van der Waals surface area contributed by atoms with Gasteiger partial charge < -0.3 is 4.74 Å². The molecule has 0 heterocycles. The maximum absolute atomic E-state index is 14.8. The van der Waals surface area contributed by atoms with E-state index in [2.05, 4.69) is 11.7 Å². The molecular formula is C28H23F7O. The van der Waals surface area contributed by atoms with Gasteiger partial charge in [-0.2, -0.15) is 17.6 Å². The van der Waals surface area contributed by atoms with Crippen molar-refractivity contribution in [1.29, 1.82) is 0 Å². The van der Waals surface area contributed by atoms with E-state index < -0.39 is 46.5 Å². The Hall–Kier alpha value is -3.29. The molecule has 1 nitrogen and oxygen atoms in total. The number of hydrogen-bond acceptors (Lipinski definition) is 1. The second-order valence-electron chi connectivity index (χ2n) is 8.95. The van der Waals surface area contributed by atoms with E-state index in [0.29, 0.717) is 29.2 Å². The van der Waals surface area contributed by atoms with Gasteiger partial charge in [0.15, 0.2) is 0 Å². The molecule has 0 spiro atoms. The molecule has 0 aromatic heterocycles. The van der Waals surface area contributed by atoms with E-state index in [1.807, 2.05) is 18.2 Å². The van der Waals surface area contributed by atoms with Crippen molar-refractivity contribution in [3.8, 4) is 16.9 Å². The highest BCUT2D eigenvalue weighted by Crippen LogP contribution is 2.37. The van der Waals surface area contributed by atoms with Crippen molar-refractivity contribution < 1.29 is 35.5 Å². The molecule has 1 atom stereocenters. The molecule has 190 valence electrons. The lowest BCUT2D eigenvalue weighted by Gasteiger charge is -2.20. The lowest BCUT2D eigenvalue weighted by atomic mass is 9.98. The number of unbranched alkanes of at least 4 members (excludes halogenated alkanes) is 1. The fourth-order valence-corrected chi connectivity index (χ4v) is 4.59. The molecular weight excluding hydrogens is 485 g/mol. The minimum atomic E-state index is -4.28. The van der Waals surface area contributed by atoms with Gasteiger partial charge in [-0.3, -0.25) is 0 Å². The van der Waals surface area contributed by atoms with E-state index in [-0.39, 0.29) is 6.08 Å². The molecule has 1 aliphatic carbocycles. The Morgan fingerprint density at radius 1 is 0.889 bits per heavy atom. The quantitative estimate of drug-likeness (QED) is 0.276. The van der Waals surface area contributed by atoms with E-state index >= 15 is 0 Å². The number of rotatable bonds is 8. The van der Waals surface area contributed by atoms with Crippen molar-refractivity contribution in [2.75, 3.05) is 0 Å². The zero-order valence-corrected chi connectivity index (χ0v) is 19.4. The van der Waals surface area contributed by atoms with Gasteiger partial charge in [0.1, 0.15) is 23.2 Å². The summed E-state index contributed by atoms with van der Waals surface area (Å²) >= 11 is 0. The van der Waals surface area contributed by atoms with Crippen LogP contribution < -0.4 is 4.74 Å². The molecule has 1 unspecified atom stereocenters. The topological polar surface area (TPSA) is 9.23 Å². The Balaban J connectivity index is 1.55. The van der Waals surface area contributed by atoms with Gasteiger partial charge >= 0.3 is 6.11 Å². The Morgan fingerprint density at radius 3 is 2.17 bits per heavy atom. The summed E-state index contributed by atoms with van der Waals surface area (Å²) in [7, 11) is 0. The first-order chi connectivity index (χ1) is 17.1.